The van der Waals surface area contributed by atoms with E-state index in [1.807, 2.05) is 55.5 Å². The van der Waals surface area contributed by atoms with Gasteiger partial charge in [-0.05, 0) is 43.5 Å². The van der Waals surface area contributed by atoms with Gasteiger partial charge in [-0.1, -0.05) is 42.1 Å². The monoisotopic (exact) mass is 396 g/mol. The van der Waals surface area contributed by atoms with Crippen molar-refractivity contribution in [2.24, 2.45) is 0 Å². The maximum Gasteiger partial charge on any atom is 0.262 e. The van der Waals surface area contributed by atoms with Crippen molar-refractivity contribution in [3.05, 3.63) is 64.4 Å². The van der Waals surface area contributed by atoms with Crippen LogP contribution < -0.4 is 10.3 Å². The van der Waals surface area contributed by atoms with Gasteiger partial charge in [0.2, 0.25) is 0 Å². The Balaban J connectivity index is 1.52. The summed E-state index contributed by atoms with van der Waals surface area (Å²) in [4.78, 5) is 17.8. The Hall–Kier alpha value is -2.31. The van der Waals surface area contributed by atoms with Crippen LogP contribution in [0.15, 0.2) is 58.5 Å². The fraction of sp³-hybridized carbons (Fsp3) is 0.364. The molecule has 0 aliphatic carbocycles. The highest BCUT2D eigenvalue weighted by Crippen LogP contribution is 2.22. The van der Waals surface area contributed by atoms with Crippen molar-refractivity contribution < 1.29 is 9.47 Å². The van der Waals surface area contributed by atoms with E-state index < -0.39 is 0 Å². The van der Waals surface area contributed by atoms with Crippen LogP contribution >= 0.6 is 11.8 Å². The van der Waals surface area contributed by atoms with E-state index in [1.165, 1.54) is 0 Å². The molecule has 1 atom stereocenters. The second-order valence-electron chi connectivity index (χ2n) is 6.92. The standard InChI is InChI=1S/C22H24N2O3S/c1-16-7-2-5-11-20(16)27-13-14-28-22-23-19-10-4-3-9-18(19)21(25)24(22)15-17-8-6-12-26-17/h2-5,7,9-11,17H,6,8,12-15H2,1H3/t17-/m1/s1. The summed E-state index contributed by atoms with van der Waals surface area (Å²) < 4.78 is 13.4. The average Bonchev–Trinajstić information content (AvgIpc) is 3.22. The number of nitrogens with zero attached hydrogens (tertiary/aromatic N) is 2. The van der Waals surface area contributed by atoms with Crippen LogP contribution in [0, 0.1) is 6.92 Å². The second-order valence-corrected chi connectivity index (χ2v) is 7.99. The maximum absolute atomic E-state index is 13.1. The van der Waals surface area contributed by atoms with Crippen LogP contribution in [0.5, 0.6) is 5.75 Å². The van der Waals surface area contributed by atoms with Crippen molar-refractivity contribution in [2.75, 3.05) is 19.0 Å². The highest BCUT2D eigenvalue weighted by Gasteiger charge is 2.20. The highest BCUT2D eigenvalue weighted by atomic mass is 32.2. The van der Waals surface area contributed by atoms with Crippen LogP contribution in [0.3, 0.4) is 0 Å². The lowest BCUT2D eigenvalue weighted by Crippen LogP contribution is -2.29. The van der Waals surface area contributed by atoms with Gasteiger partial charge in [-0.25, -0.2) is 4.98 Å². The lowest BCUT2D eigenvalue weighted by molar-refractivity contribution is 0.0937. The molecule has 0 N–H and O–H groups in total. The molecule has 0 unspecified atom stereocenters. The van der Waals surface area contributed by atoms with Crippen LogP contribution in [0.1, 0.15) is 18.4 Å². The molecule has 0 bridgehead atoms. The molecule has 3 aromatic rings. The molecule has 0 radical (unpaired) electrons. The van der Waals surface area contributed by atoms with Crippen molar-refractivity contribution in [2.45, 2.75) is 37.6 Å². The number of fused-ring (bicyclic) bond motifs is 1. The van der Waals surface area contributed by atoms with E-state index in [0.717, 1.165) is 41.4 Å². The van der Waals surface area contributed by atoms with Gasteiger partial charge in [-0.2, -0.15) is 0 Å². The Morgan fingerprint density at radius 1 is 1.21 bits per heavy atom. The molecule has 1 saturated heterocycles. The van der Waals surface area contributed by atoms with E-state index in [4.69, 9.17) is 14.5 Å². The summed E-state index contributed by atoms with van der Waals surface area (Å²) in [6.07, 6.45) is 2.12. The Labute approximate surface area is 168 Å². The summed E-state index contributed by atoms with van der Waals surface area (Å²) in [5, 5.41) is 1.38. The van der Waals surface area contributed by atoms with E-state index >= 15 is 0 Å². The van der Waals surface area contributed by atoms with Gasteiger partial charge >= 0.3 is 0 Å². The molecule has 4 rings (SSSR count). The minimum Gasteiger partial charge on any atom is -0.492 e. The predicted molar refractivity (Wildman–Crippen MR) is 112 cm³/mol. The van der Waals surface area contributed by atoms with Gasteiger partial charge in [0.1, 0.15) is 5.75 Å². The van der Waals surface area contributed by atoms with Gasteiger partial charge in [-0.3, -0.25) is 9.36 Å². The molecule has 0 amide bonds. The number of thioether (sulfide) groups is 1. The van der Waals surface area contributed by atoms with E-state index in [0.29, 0.717) is 24.3 Å². The second kappa shape index (κ2) is 8.80. The third kappa shape index (κ3) is 4.23. The summed E-state index contributed by atoms with van der Waals surface area (Å²) in [6, 6.07) is 15.5. The van der Waals surface area contributed by atoms with Gasteiger partial charge in [0.25, 0.3) is 5.56 Å². The fourth-order valence-corrected chi connectivity index (χ4v) is 4.24. The molecule has 0 saturated carbocycles. The third-order valence-corrected chi connectivity index (χ3v) is 5.84. The van der Waals surface area contributed by atoms with E-state index in [-0.39, 0.29) is 11.7 Å². The SMILES string of the molecule is Cc1ccccc1OCCSc1nc2ccccc2c(=O)n1C[C@H]1CCCO1. The first kappa shape index (κ1) is 19.0. The summed E-state index contributed by atoms with van der Waals surface area (Å²) >= 11 is 1.56. The van der Waals surface area contributed by atoms with Crippen molar-refractivity contribution in [3.8, 4) is 5.75 Å². The van der Waals surface area contributed by atoms with E-state index in [9.17, 15) is 4.79 Å². The Morgan fingerprint density at radius 3 is 2.86 bits per heavy atom. The molecule has 1 fully saturated rings. The smallest absolute Gasteiger partial charge is 0.262 e. The number of hydrogen-bond acceptors (Lipinski definition) is 5. The molecule has 2 heterocycles. The van der Waals surface area contributed by atoms with Gasteiger partial charge < -0.3 is 9.47 Å². The summed E-state index contributed by atoms with van der Waals surface area (Å²) in [6.45, 7) is 3.91. The minimum absolute atomic E-state index is 0.00317. The lowest BCUT2D eigenvalue weighted by Gasteiger charge is -2.16. The molecule has 146 valence electrons. The number of para-hydroxylation sites is 2. The zero-order valence-electron chi connectivity index (χ0n) is 16.0. The van der Waals surface area contributed by atoms with Crippen LogP contribution in [0.25, 0.3) is 10.9 Å². The number of benzene rings is 2. The van der Waals surface area contributed by atoms with Crippen LogP contribution in [-0.4, -0.2) is 34.6 Å². The number of ether oxygens (including phenoxy) is 2. The molecule has 0 spiro atoms. The molecule has 1 aliphatic rings. The largest absolute Gasteiger partial charge is 0.492 e. The third-order valence-electron chi connectivity index (χ3n) is 4.90. The normalized spacial score (nSPS) is 16.5. The van der Waals surface area contributed by atoms with Crippen LogP contribution in [0.2, 0.25) is 0 Å². The van der Waals surface area contributed by atoms with Crippen LogP contribution in [-0.2, 0) is 11.3 Å². The predicted octanol–water partition coefficient (Wildman–Crippen LogP) is 4.06. The minimum atomic E-state index is 0.00317. The van der Waals surface area contributed by atoms with Gasteiger partial charge in [-0.15, -0.1) is 0 Å². The molecule has 5 nitrogen and oxygen atoms in total. The molecule has 6 heteroatoms. The van der Waals surface area contributed by atoms with Crippen molar-refractivity contribution >= 4 is 22.7 Å². The number of hydrogen-bond donors (Lipinski definition) is 0. The highest BCUT2D eigenvalue weighted by molar-refractivity contribution is 7.99. The Bertz CT molecular complexity index is 1010. The first-order valence-electron chi connectivity index (χ1n) is 9.65. The molecular weight excluding hydrogens is 372 g/mol. The summed E-state index contributed by atoms with van der Waals surface area (Å²) in [5.41, 5.74) is 1.86. The fourth-order valence-electron chi connectivity index (χ4n) is 3.41. The molecule has 28 heavy (non-hydrogen) atoms. The number of aryl methyl sites for hydroxylation is 1. The summed E-state index contributed by atoms with van der Waals surface area (Å²) in [7, 11) is 0. The van der Waals surface area contributed by atoms with Crippen molar-refractivity contribution in [1.82, 2.24) is 9.55 Å². The Morgan fingerprint density at radius 2 is 2.04 bits per heavy atom. The lowest BCUT2D eigenvalue weighted by atomic mass is 10.2. The zero-order valence-corrected chi connectivity index (χ0v) is 16.8. The molecular formula is C22H24N2O3S. The van der Waals surface area contributed by atoms with Gasteiger partial charge in [0.05, 0.1) is 30.2 Å². The molecule has 1 aromatic heterocycles. The van der Waals surface area contributed by atoms with Crippen molar-refractivity contribution in [1.29, 1.82) is 0 Å². The van der Waals surface area contributed by atoms with Crippen molar-refractivity contribution in [3.63, 3.8) is 0 Å². The van der Waals surface area contributed by atoms with Crippen LogP contribution in [0.4, 0.5) is 0 Å². The van der Waals surface area contributed by atoms with E-state index in [1.54, 1.807) is 16.3 Å². The topological polar surface area (TPSA) is 53.3 Å². The zero-order chi connectivity index (χ0) is 19.3. The Kier molecular flexibility index (Phi) is 5.98. The van der Waals surface area contributed by atoms with E-state index in [2.05, 4.69) is 0 Å². The molecule has 2 aromatic carbocycles. The number of aromatic nitrogens is 2. The number of rotatable bonds is 7. The maximum atomic E-state index is 13.1. The first-order chi connectivity index (χ1) is 13.7. The molecule has 1 aliphatic heterocycles. The van der Waals surface area contributed by atoms with Gasteiger partial charge in [0.15, 0.2) is 5.16 Å². The average molecular weight is 397 g/mol. The first-order valence-corrected chi connectivity index (χ1v) is 10.6. The quantitative estimate of drug-likeness (QED) is 0.343. The summed E-state index contributed by atoms with van der Waals surface area (Å²) in [5.74, 6) is 1.61. The van der Waals surface area contributed by atoms with Gasteiger partial charge in [0, 0.05) is 12.4 Å².